The lowest BCUT2D eigenvalue weighted by molar-refractivity contribution is -0.109. The van der Waals surface area contributed by atoms with Crippen molar-refractivity contribution in [1.29, 1.82) is 0 Å². The Morgan fingerprint density at radius 1 is 1.39 bits per heavy atom. The minimum atomic E-state index is -0.162. The molecule has 0 saturated heterocycles. The second kappa shape index (κ2) is 6.12. The van der Waals surface area contributed by atoms with Crippen LogP contribution in [0.3, 0.4) is 0 Å². The van der Waals surface area contributed by atoms with Crippen LogP contribution in [-0.4, -0.2) is 28.9 Å². The average molecular weight is 243 g/mol. The van der Waals surface area contributed by atoms with Gasteiger partial charge in [-0.25, -0.2) is 4.98 Å². The summed E-state index contributed by atoms with van der Waals surface area (Å²) in [4.78, 5) is 15.1. The zero-order valence-electron chi connectivity index (χ0n) is 10.4. The van der Waals surface area contributed by atoms with E-state index >= 15 is 0 Å². The van der Waals surface area contributed by atoms with Crippen LogP contribution in [0.2, 0.25) is 0 Å². The minimum absolute atomic E-state index is 0.162. The maximum Gasteiger partial charge on any atom is 0.137 e. The van der Waals surface area contributed by atoms with Gasteiger partial charge < -0.3 is 14.7 Å². The van der Waals surface area contributed by atoms with Gasteiger partial charge in [-0.05, 0) is 12.6 Å². The molecule has 1 aromatic heterocycles. The smallest absolute Gasteiger partial charge is 0.137 e. The van der Waals surface area contributed by atoms with E-state index in [0.29, 0.717) is 6.42 Å². The second-order valence-electron chi connectivity index (χ2n) is 4.26. The predicted molar refractivity (Wildman–Crippen MR) is 70.4 cm³/mol. The van der Waals surface area contributed by atoms with Gasteiger partial charge in [-0.1, -0.05) is 30.3 Å². The van der Waals surface area contributed by atoms with E-state index in [4.69, 9.17) is 0 Å². The van der Waals surface area contributed by atoms with Crippen molar-refractivity contribution in [3.05, 3.63) is 54.1 Å². The lowest BCUT2D eigenvalue weighted by Crippen LogP contribution is -2.28. The Labute approximate surface area is 107 Å². The number of aromatic nitrogens is 2. The Kier molecular flexibility index (Phi) is 4.25. The maximum absolute atomic E-state index is 10.7. The molecule has 0 fully saturated rings. The fourth-order valence-electron chi connectivity index (χ4n) is 1.84. The number of likely N-dealkylation sites (N-methyl/N-ethyl adjacent to an activating group) is 1. The van der Waals surface area contributed by atoms with Gasteiger partial charge in [-0.2, -0.15) is 0 Å². The van der Waals surface area contributed by atoms with Crippen LogP contribution in [0.5, 0.6) is 0 Å². The molecule has 1 heterocycles. The highest BCUT2D eigenvalue weighted by Gasteiger charge is 2.07. The number of rotatable bonds is 6. The monoisotopic (exact) mass is 243 g/mol. The highest BCUT2D eigenvalue weighted by atomic mass is 16.1. The molecule has 1 aromatic carbocycles. The molecule has 0 aliphatic heterocycles. The van der Waals surface area contributed by atoms with Crippen molar-refractivity contribution in [2.45, 2.75) is 19.0 Å². The van der Waals surface area contributed by atoms with Crippen molar-refractivity contribution < 1.29 is 4.79 Å². The molecular formula is C14H17N3O. The van der Waals surface area contributed by atoms with Crippen molar-refractivity contribution in [1.82, 2.24) is 14.9 Å². The van der Waals surface area contributed by atoms with Crippen LogP contribution in [0.25, 0.3) is 0 Å². The molecule has 0 spiro atoms. The Morgan fingerprint density at radius 3 is 2.83 bits per heavy atom. The normalized spacial score (nSPS) is 12.3. The highest BCUT2D eigenvalue weighted by Crippen LogP contribution is 2.05. The summed E-state index contributed by atoms with van der Waals surface area (Å²) in [5.74, 6) is 0. The Morgan fingerprint density at radius 2 is 2.17 bits per heavy atom. The fraction of sp³-hybridized carbons (Fsp3) is 0.286. The summed E-state index contributed by atoms with van der Waals surface area (Å²) in [6.07, 6.45) is 5.33. The molecule has 2 rings (SSSR count). The quantitative estimate of drug-likeness (QED) is 0.777. The first kappa shape index (κ1) is 12.5. The number of benzene rings is 1. The Hall–Kier alpha value is -1.94. The largest absolute Gasteiger partial charge is 0.333 e. The molecule has 2 aromatic rings. The van der Waals surface area contributed by atoms with E-state index in [9.17, 15) is 4.79 Å². The van der Waals surface area contributed by atoms with Crippen LogP contribution in [-0.2, 0) is 17.8 Å². The Bertz CT molecular complexity index is 493. The van der Waals surface area contributed by atoms with E-state index in [1.807, 2.05) is 29.0 Å². The molecule has 0 saturated carbocycles. The molecule has 1 N–H and O–H groups in total. The first-order valence-corrected chi connectivity index (χ1v) is 5.99. The van der Waals surface area contributed by atoms with E-state index in [1.54, 1.807) is 13.4 Å². The van der Waals surface area contributed by atoms with Gasteiger partial charge in [0.05, 0.1) is 18.1 Å². The van der Waals surface area contributed by atoms with Crippen LogP contribution in [0.1, 0.15) is 11.3 Å². The lowest BCUT2D eigenvalue weighted by Gasteiger charge is -2.05. The minimum Gasteiger partial charge on any atom is -0.333 e. The van der Waals surface area contributed by atoms with E-state index in [-0.39, 0.29) is 6.04 Å². The molecule has 0 aliphatic carbocycles. The molecule has 0 bridgehead atoms. The van der Waals surface area contributed by atoms with Gasteiger partial charge in [0.1, 0.15) is 6.29 Å². The summed E-state index contributed by atoms with van der Waals surface area (Å²) < 4.78 is 2.03. The molecule has 1 atom stereocenters. The first-order valence-electron chi connectivity index (χ1n) is 5.99. The number of imidazole rings is 1. The summed E-state index contributed by atoms with van der Waals surface area (Å²) in [5.41, 5.74) is 2.17. The molecule has 94 valence electrons. The van der Waals surface area contributed by atoms with Crippen LogP contribution in [0.15, 0.2) is 42.9 Å². The van der Waals surface area contributed by atoms with Gasteiger partial charge in [0.25, 0.3) is 0 Å². The van der Waals surface area contributed by atoms with Gasteiger partial charge in [0.15, 0.2) is 0 Å². The predicted octanol–water partition coefficient (Wildman–Crippen LogP) is 1.26. The number of carbonyl (C=O) groups is 1. The molecule has 0 radical (unpaired) electrons. The van der Waals surface area contributed by atoms with Gasteiger partial charge in [0, 0.05) is 19.2 Å². The average Bonchev–Trinajstić information content (AvgIpc) is 2.84. The SMILES string of the molecule is CNC(C=O)Cc1cn(Cc2ccccc2)cn1. The van der Waals surface area contributed by atoms with Crippen LogP contribution in [0, 0.1) is 0 Å². The highest BCUT2D eigenvalue weighted by molar-refractivity contribution is 5.57. The number of aldehydes is 1. The van der Waals surface area contributed by atoms with Crippen LogP contribution < -0.4 is 5.32 Å². The van der Waals surface area contributed by atoms with Gasteiger partial charge in [-0.3, -0.25) is 0 Å². The molecule has 4 heteroatoms. The zero-order chi connectivity index (χ0) is 12.8. The third-order valence-electron chi connectivity index (χ3n) is 2.86. The second-order valence-corrected chi connectivity index (χ2v) is 4.26. The molecule has 1 unspecified atom stereocenters. The standard InChI is InChI=1S/C14H17N3O/c1-15-14(10-18)7-13-9-17(11-16-13)8-12-5-3-2-4-6-12/h2-6,9-11,14-15H,7-8H2,1H3. The van der Waals surface area contributed by atoms with E-state index in [2.05, 4.69) is 22.4 Å². The van der Waals surface area contributed by atoms with Crippen molar-refractivity contribution in [2.24, 2.45) is 0 Å². The lowest BCUT2D eigenvalue weighted by atomic mass is 10.2. The van der Waals surface area contributed by atoms with E-state index in [1.165, 1.54) is 5.56 Å². The van der Waals surface area contributed by atoms with Crippen molar-refractivity contribution in [3.63, 3.8) is 0 Å². The van der Waals surface area contributed by atoms with E-state index < -0.39 is 0 Å². The van der Waals surface area contributed by atoms with Gasteiger partial charge in [-0.15, -0.1) is 0 Å². The Balaban J connectivity index is 2.00. The summed E-state index contributed by atoms with van der Waals surface area (Å²) in [5, 5.41) is 2.94. The molecule has 0 amide bonds. The summed E-state index contributed by atoms with van der Waals surface area (Å²) in [6.45, 7) is 0.805. The molecule has 0 aliphatic rings. The third kappa shape index (κ3) is 3.28. The van der Waals surface area contributed by atoms with Crippen LogP contribution >= 0.6 is 0 Å². The number of carbonyl (C=O) groups excluding carboxylic acids is 1. The topological polar surface area (TPSA) is 46.9 Å². The van der Waals surface area contributed by atoms with Crippen molar-refractivity contribution in [2.75, 3.05) is 7.05 Å². The summed E-state index contributed by atoms with van der Waals surface area (Å²) in [6, 6.07) is 10.1. The number of nitrogens with zero attached hydrogens (tertiary/aromatic N) is 2. The fourth-order valence-corrected chi connectivity index (χ4v) is 1.84. The van der Waals surface area contributed by atoms with Crippen LogP contribution in [0.4, 0.5) is 0 Å². The first-order chi connectivity index (χ1) is 8.81. The number of hydrogen-bond acceptors (Lipinski definition) is 3. The maximum atomic E-state index is 10.7. The number of hydrogen-bond donors (Lipinski definition) is 1. The molecular weight excluding hydrogens is 226 g/mol. The summed E-state index contributed by atoms with van der Waals surface area (Å²) in [7, 11) is 1.78. The summed E-state index contributed by atoms with van der Waals surface area (Å²) >= 11 is 0. The molecule has 4 nitrogen and oxygen atoms in total. The van der Waals surface area contributed by atoms with Crippen molar-refractivity contribution in [3.8, 4) is 0 Å². The third-order valence-corrected chi connectivity index (χ3v) is 2.86. The number of nitrogens with one attached hydrogen (secondary N) is 1. The zero-order valence-corrected chi connectivity index (χ0v) is 10.4. The van der Waals surface area contributed by atoms with Gasteiger partial charge in [0.2, 0.25) is 0 Å². The van der Waals surface area contributed by atoms with Crippen molar-refractivity contribution >= 4 is 6.29 Å². The molecule has 18 heavy (non-hydrogen) atoms. The van der Waals surface area contributed by atoms with E-state index in [0.717, 1.165) is 18.5 Å². The van der Waals surface area contributed by atoms with Gasteiger partial charge >= 0.3 is 0 Å².